The maximum Gasteiger partial charge on any atom is 0.282 e. The molecule has 0 amide bonds. The number of fused-ring (bicyclic) bond motifs is 1. The maximum absolute atomic E-state index is 13.9. The molecule has 4 heterocycles. The van der Waals surface area contributed by atoms with Gasteiger partial charge in [0.1, 0.15) is 11.5 Å². The highest BCUT2D eigenvalue weighted by Crippen LogP contribution is 2.29. The van der Waals surface area contributed by atoms with Crippen molar-refractivity contribution in [3.8, 4) is 0 Å². The average Bonchev–Trinajstić information content (AvgIpc) is 3.50. The average molecular weight is 516 g/mol. The van der Waals surface area contributed by atoms with Crippen LogP contribution in [0.1, 0.15) is 86.5 Å². The Morgan fingerprint density at radius 1 is 1.19 bits per heavy atom. The molecule has 0 unspecified atom stereocenters. The van der Waals surface area contributed by atoms with Gasteiger partial charge in [0.15, 0.2) is 11.4 Å². The first-order valence-corrected chi connectivity index (χ1v) is 13.2. The van der Waals surface area contributed by atoms with Gasteiger partial charge in [-0.05, 0) is 45.6 Å². The highest BCUT2D eigenvalue weighted by molar-refractivity contribution is 6.02. The van der Waals surface area contributed by atoms with E-state index in [2.05, 4.69) is 39.2 Å². The second-order valence-corrected chi connectivity index (χ2v) is 10.5. The van der Waals surface area contributed by atoms with Gasteiger partial charge >= 0.3 is 0 Å². The number of aromatic nitrogens is 5. The van der Waals surface area contributed by atoms with Crippen LogP contribution in [0.25, 0.3) is 5.65 Å². The molecule has 2 atom stereocenters. The van der Waals surface area contributed by atoms with Crippen LogP contribution in [-0.4, -0.2) is 71.4 Å². The van der Waals surface area contributed by atoms with Crippen molar-refractivity contribution in [2.45, 2.75) is 89.4 Å². The van der Waals surface area contributed by atoms with E-state index in [1.165, 1.54) is 10.7 Å². The number of nitrogens with zero attached hydrogens (tertiary/aromatic N) is 6. The Morgan fingerprint density at radius 2 is 1.95 bits per heavy atom. The summed E-state index contributed by atoms with van der Waals surface area (Å²) < 4.78 is 30.9. The Bertz CT molecular complexity index is 1230. The van der Waals surface area contributed by atoms with E-state index in [-0.39, 0.29) is 41.1 Å². The lowest BCUT2D eigenvalue weighted by Gasteiger charge is -2.34. The van der Waals surface area contributed by atoms with E-state index in [0.717, 1.165) is 51.6 Å². The SMILES string of the molecule is CC(C)N1CCC(n2cc(CC(=O)c3cnn4ccc(N[C@@H]5CCCC[C@@H]5O)nc34)c(C(F)F)n2)CC1. The van der Waals surface area contributed by atoms with Gasteiger partial charge in [-0.1, -0.05) is 12.8 Å². The van der Waals surface area contributed by atoms with Gasteiger partial charge in [0.05, 0.1) is 29.9 Å². The second kappa shape index (κ2) is 10.8. The summed E-state index contributed by atoms with van der Waals surface area (Å²) in [5.41, 5.74) is 0.529. The van der Waals surface area contributed by atoms with Crippen LogP contribution in [0, 0.1) is 0 Å². The van der Waals surface area contributed by atoms with Crippen LogP contribution in [0.2, 0.25) is 0 Å². The molecular weight excluding hydrogens is 480 g/mol. The number of hydrogen-bond donors (Lipinski definition) is 2. The number of nitrogens with one attached hydrogen (secondary N) is 1. The fourth-order valence-corrected chi connectivity index (χ4v) is 5.50. The van der Waals surface area contributed by atoms with Gasteiger partial charge in [0.25, 0.3) is 6.43 Å². The summed E-state index contributed by atoms with van der Waals surface area (Å²) in [7, 11) is 0. The van der Waals surface area contributed by atoms with Gasteiger partial charge < -0.3 is 15.3 Å². The molecule has 11 heteroatoms. The highest BCUT2D eigenvalue weighted by Gasteiger charge is 2.28. The predicted octanol–water partition coefficient (Wildman–Crippen LogP) is 4.05. The smallest absolute Gasteiger partial charge is 0.282 e. The van der Waals surface area contributed by atoms with Crippen molar-refractivity contribution in [2.24, 2.45) is 0 Å². The van der Waals surface area contributed by atoms with E-state index in [4.69, 9.17) is 0 Å². The number of ketones is 1. The summed E-state index contributed by atoms with van der Waals surface area (Å²) in [6.45, 7) is 6.09. The summed E-state index contributed by atoms with van der Waals surface area (Å²) in [4.78, 5) is 20.2. The van der Waals surface area contributed by atoms with Crippen molar-refractivity contribution in [3.05, 3.63) is 41.5 Å². The molecule has 200 valence electrons. The molecule has 3 aromatic rings. The fraction of sp³-hybridized carbons (Fsp3) is 0.615. The number of Topliss-reactive ketones (excluding diaryl/α,β-unsaturated/α-hetero) is 1. The Hall–Kier alpha value is -2.92. The van der Waals surface area contributed by atoms with E-state index < -0.39 is 12.5 Å². The molecular formula is C26H35F2N7O2. The van der Waals surface area contributed by atoms with Gasteiger partial charge in [-0.2, -0.15) is 10.2 Å². The Labute approximate surface area is 214 Å². The van der Waals surface area contributed by atoms with Crippen molar-refractivity contribution in [2.75, 3.05) is 18.4 Å². The van der Waals surface area contributed by atoms with Crippen molar-refractivity contribution in [1.82, 2.24) is 29.3 Å². The first-order valence-electron chi connectivity index (χ1n) is 13.2. The molecule has 1 aliphatic carbocycles. The lowest BCUT2D eigenvalue weighted by molar-refractivity contribution is 0.0992. The lowest BCUT2D eigenvalue weighted by Crippen LogP contribution is -2.39. The molecule has 2 aliphatic rings. The fourth-order valence-electron chi connectivity index (χ4n) is 5.50. The van der Waals surface area contributed by atoms with Crippen LogP contribution in [0.5, 0.6) is 0 Å². The van der Waals surface area contributed by atoms with Crippen molar-refractivity contribution >= 4 is 17.2 Å². The highest BCUT2D eigenvalue weighted by atomic mass is 19.3. The van der Waals surface area contributed by atoms with E-state index in [1.807, 2.05) is 0 Å². The van der Waals surface area contributed by atoms with Crippen molar-refractivity contribution in [1.29, 1.82) is 0 Å². The van der Waals surface area contributed by atoms with E-state index in [9.17, 15) is 18.7 Å². The molecule has 9 nitrogen and oxygen atoms in total. The van der Waals surface area contributed by atoms with Crippen LogP contribution in [0.4, 0.5) is 14.6 Å². The third kappa shape index (κ3) is 5.52. The van der Waals surface area contributed by atoms with Crippen LogP contribution in [0.3, 0.4) is 0 Å². The molecule has 2 N–H and O–H groups in total. The zero-order valence-corrected chi connectivity index (χ0v) is 21.4. The summed E-state index contributed by atoms with van der Waals surface area (Å²) in [5.74, 6) is 0.204. The minimum atomic E-state index is -2.76. The van der Waals surface area contributed by atoms with Crippen LogP contribution >= 0.6 is 0 Å². The molecule has 1 aliphatic heterocycles. The monoisotopic (exact) mass is 515 g/mol. The van der Waals surface area contributed by atoms with Gasteiger partial charge in [-0.3, -0.25) is 9.48 Å². The van der Waals surface area contributed by atoms with Crippen LogP contribution in [-0.2, 0) is 6.42 Å². The summed E-state index contributed by atoms with van der Waals surface area (Å²) in [5, 5.41) is 22.0. The number of anilines is 1. The molecule has 0 spiro atoms. The number of likely N-dealkylation sites (tertiary alicyclic amines) is 1. The Kier molecular flexibility index (Phi) is 7.52. The van der Waals surface area contributed by atoms with E-state index in [1.54, 1.807) is 23.1 Å². The minimum absolute atomic E-state index is 0.0405. The molecule has 2 fully saturated rings. The van der Waals surface area contributed by atoms with Gasteiger partial charge in [-0.25, -0.2) is 18.3 Å². The number of hydrogen-bond acceptors (Lipinski definition) is 7. The quantitative estimate of drug-likeness (QED) is 0.437. The third-order valence-corrected chi connectivity index (χ3v) is 7.73. The summed E-state index contributed by atoms with van der Waals surface area (Å²) >= 11 is 0. The molecule has 37 heavy (non-hydrogen) atoms. The second-order valence-electron chi connectivity index (χ2n) is 10.5. The maximum atomic E-state index is 13.9. The number of halogens is 2. The van der Waals surface area contributed by atoms with Gasteiger partial charge in [-0.15, -0.1) is 0 Å². The van der Waals surface area contributed by atoms with Crippen LogP contribution < -0.4 is 5.32 Å². The zero-order valence-electron chi connectivity index (χ0n) is 21.4. The zero-order chi connectivity index (χ0) is 26.1. The normalized spacial score (nSPS) is 21.8. The van der Waals surface area contributed by atoms with E-state index >= 15 is 0 Å². The molecule has 0 aromatic carbocycles. The van der Waals surface area contributed by atoms with Crippen molar-refractivity contribution in [3.63, 3.8) is 0 Å². The Balaban J connectivity index is 1.34. The summed E-state index contributed by atoms with van der Waals surface area (Å²) in [6.07, 6.45) is 6.62. The number of aliphatic hydroxyl groups is 1. The first-order chi connectivity index (χ1) is 17.8. The predicted molar refractivity (Wildman–Crippen MR) is 135 cm³/mol. The van der Waals surface area contributed by atoms with Crippen molar-refractivity contribution < 1.29 is 18.7 Å². The molecule has 3 aromatic heterocycles. The lowest BCUT2D eigenvalue weighted by atomic mass is 9.93. The molecule has 1 saturated heterocycles. The molecule has 0 bridgehead atoms. The number of carbonyl (C=O) groups is 1. The van der Waals surface area contributed by atoms with Gasteiger partial charge in [0, 0.05) is 43.5 Å². The molecule has 5 rings (SSSR count). The molecule has 0 radical (unpaired) electrons. The number of alkyl halides is 2. The number of piperidine rings is 1. The largest absolute Gasteiger partial charge is 0.391 e. The number of rotatable bonds is 8. The topological polar surface area (TPSA) is 101 Å². The van der Waals surface area contributed by atoms with E-state index in [0.29, 0.717) is 17.5 Å². The first kappa shape index (κ1) is 25.7. The standard InChI is InChI=1S/C26H35F2N7O2/c1-16(2)33-10-7-18(8-11-33)35-15-17(24(32-35)25(27)28)13-22(37)19-14-29-34-12-9-23(31-26(19)34)30-20-5-3-4-6-21(20)36/h9,12,14-16,18,20-21,25,36H,3-8,10-11,13H2,1-2H3,(H,30,31)/t20-,21+/m1/s1. The molecule has 1 saturated carbocycles. The number of carbonyl (C=O) groups excluding carboxylic acids is 1. The van der Waals surface area contributed by atoms with Gasteiger partial charge in [0.2, 0.25) is 0 Å². The van der Waals surface area contributed by atoms with Crippen LogP contribution in [0.15, 0.2) is 24.7 Å². The minimum Gasteiger partial charge on any atom is -0.391 e. The number of aliphatic hydroxyl groups excluding tert-OH is 1. The summed E-state index contributed by atoms with van der Waals surface area (Å²) in [6, 6.07) is 2.14. The Morgan fingerprint density at radius 3 is 2.65 bits per heavy atom. The third-order valence-electron chi connectivity index (χ3n) is 7.73.